The van der Waals surface area contributed by atoms with Gasteiger partial charge in [-0.3, -0.25) is 9.59 Å². The van der Waals surface area contributed by atoms with Gasteiger partial charge in [0.05, 0.1) is 0 Å². The second-order valence-corrected chi connectivity index (χ2v) is 12.3. The number of likely N-dealkylation sites (tertiary alicyclic amines) is 1. The molecular formula is C32H32FN5O3S. The minimum atomic E-state index is -0.368. The van der Waals surface area contributed by atoms with Gasteiger partial charge in [0.2, 0.25) is 17.4 Å². The average Bonchev–Trinajstić information content (AvgIpc) is 3.61. The van der Waals surface area contributed by atoms with E-state index in [1.807, 2.05) is 35.2 Å². The van der Waals surface area contributed by atoms with Gasteiger partial charge in [-0.25, -0.2) is 18.8 Å². The predicted octanol–water partition coefficient (Wildman–Crippen LogP) is 5.43. The van der Waals surface area contributed by atoms with Crippen LogP contribution in [0.2, 0.25) is 0 Å². The van der Waals surface area contributed by atoms with E-state index in [1.165, 1.54) is 27.9 Å². The first-order valence-corrected chi connectivity index (χ1v) is 14.9. The number of nitrogens with zero attached hydrogens (tertiary/aromatic N) is 5. The molecule has 6 rings (SSSR count). The lowest BCUT2D eigenvalue weighted by atomic mass is 9.92. The molecule has 1 amide bonds. The minimum Gasteiger partial charge on any atom is -0.481 e. The Morgan fingerprint density at radius 2 is 1.76 bits per heavy atom. The van der Waals surface area contributed by atoms with Crippen LogP contribution in [0.4, 0.5) is 4.39 Å². The zero-order chi connectivity index (χ0) is 29.2. The van der Waals surface area contributed by atoms with E-state index in [4.69, 9.17) is 9.72 Å². The summed E-state index contributed by atoms with van der Waals surface area (Å²) in [6.45, 7) is 6.07. The summed E-state index contributed by atoms with van der Waals surface area (Å²) < 4.78 is 22.6. The minimum absolute atomic E-state index is 0.00235. The summed E-state index contributed by atoms with van der Waals surface area (Å²) in [6, 6.07) is 16.0. The van der Waals surface area contributed by atoms with Gasteiger partial charge in [0.25, 0.3) is 0 Å². The highest BCUT2D eigenvalue weighted by atomic mass is 32.1. The number of carbonyl (C=O) groups excluding carboxylic acids is 1. The standard InChI is InChI=1S/C32H32FN5O3S/c1-21-14-22(2)18-37(17-21)27(39)19-36-12-13-38-31(40)29(41-20-24-6-4-3-5-7-24)28(35-32(36)38)30-34-16-26(42-30)15-23-8-10-25(33)11-9-23/h3-13,16,21-22H,14-15,17-20H2,1-2H3. The molecule has 0 N–H and O–H groups in total. The van der Waals surface area contributed by atoms with Crippen molar-refractivity contribution in [3.63, 3.8) is 0 Å². The lowest BCUT2D eigenvalue weighted by molar-refractivity contribution is -0.134. The van der Waals surface area contributed by atoms with Gasteiger partial charge in [-0.2, -0.15) is 0 Å². The molecule has 0 spiro atoms. The maximum Gasteiger partial charge on any atom is 0.302 e. The van der Waals surface area contributed by atoms with Gasteiger partial charge in [0, 0.05) is 43.0 Å². The van der Waals surface area contributed by atoms with Crippen molar-refractivity contribution < 1.29 is 13.9 Å². The van der Waals surface area contributed by atoms with Crippen LogP contribution >= 0.6 is 11.3 Å². The molecule has 0 bridgehead atoms. The summed E-state index contributed by atoms with van der Waals surface area (Å²) in [5.41, 5.74) is 1.83. The number of thiazole rings is 1. The van der Waals surface area contributed by atoms with Gasteiger partial charge < -0.3 is 14.2 Å². The van der Waals surface area contributed by atoms with Gasteiger partial charge >= 0.3 is 5.56 Å². The summed E-state index contributed by atoms with van der Waals surface area (Å²) in [7, 11) is 0. The van der Waals surface area contributed by atoms with E-state index in [1.54, 1.807) is 35.3 Å². The first kappa shape index (κ1) is 27.8. The lowest BCUT2D eigenvalue weighted by Gasteiger charge is -2.35. The highest BCUT2D eigenvalue weighted by Crippen LogP contribution is 2.31. The molecule has 10 heteroatoms. The van der Waals surface area contributed by atoms with Crippen LogP contribution in [0.3, 0.4) is 0 Å². The molecule has 2 atom stereocenters. The summed E-state index contributed by atoms with van der Waals surface area (Å²) in [6.07, 6.45) is 6.76. The molecule has 5 aromatic rings. The Labute approximate surface area is 247 Å². The molecule has 1 aliphatic rings. The van der Waals surface area contributed by atoms with Crippen LogP contribution < -0.4 is 10.3 Å². The van der Waals surface area contributed by atoms with Crippen molar-refractivity contribution in [3.05, 3.63) is 105 Å². The first-order chi connectivity index (χ1) is 20.3. The smallest absolute Gasteiger partial charge is 0.302 e. The predicted molar refractivity (Wildman–Crippen MR) is 160 cm³/mol. The molecule has 4 heterocycles. The molecule has 1 saturated heterocycles. The number of piperidine rings is 1. The SMILES string of the molecule is CC1CC(C)CN(C(=O)Cn2ccn3c(=O)c(OCc4ccccc4)c(-c4ncc(Cc5ccc(F)cc5)s4)nc23)C1. The zero-order valence-electron chi connectivity index (χ0n) is 23.6. The maximum absolute atomic E-state index is 13.8. The van der Waals surface area contributed by atoms with E-state index >= 15 is 0 Å². The van der Waals surface area contributed by atoms with E-state index < -0.39 is 0 Å². The van der Waals surface area contributed by atoms with Crippen molar-refractivity contribution in [2.45, 2.75) is 39.8 Å². The van der Waals surface area contributed by atoms with Gasteiger partial charge in [0.1, 0.15) is 24.0 Å². The number of hydrogen-bond donors (Lipinski definition) is 0. The van der Waals surface area contributed by atoms with Crippen LogP contribution in [-0.4, -0.2) is 42.8 Å². The Bertz CT molecular complexity index is 1750. The molecule has 0 radical (unpaired) electrons. The number of halogens is 1. The number of carbonyl (C=O) groups is 1. The van der Waals surface area contributed by atoms with Crippen molar-refractivity contribution in [2.24, 2.45) is 11.8 Å². The largest absolute Gasteiger partial charge is 0.481 e. The molecule has 1 fully saturated rings. The van der Waals surface area contributed by atoms with Gasteiger partial charge in [-0.1, -0.05) is 56.3 Å². The third-order valence-corrected chi connectivity index (χ3v) is 8.51. The number of aromatic nitrogens is 4. The molecule has 8 nitrogen and oxygen atoms in total. The second kappa shape index (κ2) is 11.9. The van der Waals surface area contributed by atoms with Crippen molar-refractivity contribution in [2.75, 3.05) is 13.1 Å². The Morgan fingerprint density at radius 3 is 2.50 bits per heavy atom. The number of fused-ring (bicyclic) bond motifs is 1. The summed E-state index contributed by atoms with van der Waals surface area (Å²) in [5, 5.41) is 0.535. The molecule has 3 aromatic heterocycles. The van der Waals surface area contributed by atoms with Gasteiger partial charge in [-0.15, -0.1) is 11.3 Å². The normalized spacial score (nSPS) is 17.1. The topological polar surface area (TPSA) is 81.7 Å². The molecule has 2 unspecified atom stereocenters. The molecule has 2 aromatic carbocycles. The van der Waals surface area contributed by atoms with Crippen molar-refractivity contribution in [1.29, 1.82) is 0 Å². The monoisotopic (exact) mass is 585 g/mol. The highest BCUT2D eigenvalue weighted by molar-refractivity contribution is 7.15. The Balaban J connectivity index is 1.35. The maximum atomic E-state index is 13.8. The van der Waals surface area contributed by atoms with Crippen LogP contribution in [0.25, 0.3) is 16.5 Å². The fraction of sp³-hybridized carbons (Fsp3) is 0.312. The number of amides is 1. The summed E-state index contributed by atoms with van der Waals surface area (Å²) >= 11 is 1.40. The molecule has 42 heavy (non-hydrogen) atoms. The third-order valence-electron chi connectivity index (χ3n) is 7.51. The van der Waals surface area contributed by atoms with E-state index in [0.29, 0.717) is 34.7 Å². The second-order valence-electron chi connectivity index (χ2n) is 11.1. The van der Waals surface area contributed by atoms with E-state index in [9.17, 15) is 14.0 Å². The fourth-order valence-corrected chi connectivity index (χ4v) is 6.53. The van der Waals surface area contributed by atoms with Crippen molar-refractivity contribution in [3.8, 4) is 16.5 Å². The molecular weight excluding hydrogens is 553 g/mol. The quantitative estimate of drug-likeness (QED) is 0.243. The van der Waals surface area contributed by atoms with Crippen LogP contribution in [0.5, 0.6) is 5.75 Å². The van der Waals surface area contributed by atoms with Gasteiger partial charge in [-0.05, 0) is 41.5 Å². The molecule has 1 aliphatic heterocycles. The summed E-state index contributed by atoms with van der Waals surface area (Å²) in [5.74, 6) is 1.07. The van der Waals surface area contributed by atoms with Crippen LogP contribution in [-0.2, 0) is 24.4 Å². The Kier molecular flexibility index (Phi) is 7.88. The Morgan fingerprint density at radius 1 is 1.02 bits per heavy atom. The van der Waals surface area contributed by atoms with E-state index in [-0.39, 0.29) is 36.2 Å². The van der Waals surface area contributed by atoms with Crippen molar-refractivity contribution >= 4 is 23.0 Å². The fourth-order valence-electron chi connectivity index (χ4n) is 5.60. The number of rotatable bonds is 8. The molecule has 216 valence electrons. The van der Waals surface area contributed by atoms with E-state index in [0.717, 1.165) is 35.5 Å². The lowest BCUT2D eigenvalue weighted by Crippen LogP contribution is -2.44. The molecule has 0 aliphatic carbocycles. The molecule has 0 saturated carbocycles. The van der Waals surface area contributed by atoms with Crippen LogP contribution in [0.15, 0.2) is 78.0 Å². The number of hydrogen-bond acceptors (Lipinski definition) is 6. The number of imidazole rings is 1. The van der Waals surface area contributed by atoms with Crippen LogP contribution in [0.1, 0.15) is 36.3 Å². The van der Waals surface area contributed by atoms with E-state index in [2.05, 4.69) is 18.8 Å². The van der Waals surface area contributed by atoms with Crippen molar-refractivity contribution in [1.82, 2.24) is 23.8 Å². The highest BCUT2D eigenvalue weighted by Gasteiger charge is 2.27. The Hall–Kier alpha value is -4.31. The average molecular weight is 586 g/mol. The number of ether oxygens (including phenoxy) is 1. The first-order valence-electron chi connectivity index (χ1n) is 14.1. The zero-order valence-corrected chi connectivity index (χ0v) is 24.4. The third kappa shape index (κ3) is 5.99. The summed E-state index contributed by atoms with van der Waals surface area (Å²) in [4.78, 5) is 39.4. The van der Waals surface area contributed by atoms with Gasteiger partial charge in [0.15, 0.2) is 5.69 Å². The number of benzene rings is 2. The van der Waals surface area contributed by atoms with Crippen LogP contribution in [0, 0.1) is 17.7 Å².